The molecule has 40 heavy (non-hydrogen) atoms. The van der Waals surface area contributed by atoms with Crippen molar-refractivity contribution in [3.63, 3.8) is 0 Å². The maximum Gasteiger partial charge on any atom is 0.257 e. The van der Waals surface area contributed by atoms with E-state index >= 15 is 4.39 Å². The first-order chi connectivity index (χ1) is 18.8. The Morgan fingerprint density at radius 2 is 1.98 bits per heavy atom. The number of rotatable bonds is 8. The summed E-state index contributed by atoms with van der Waals surface area (Å²) in [6.07, 6.45) is 0.548. The van der Waals surface area contributed by atoms with Gasteiger partial charge in [-0.25, -0.2) is 13.8 Å². The molecule has 10 heteroatoms. The zero-order valence-electron chi connectivity index (χ0n) is 23.9. The van der Waals surface area contributed by atoms with E-state index in [0.717, 1.165) is 6.07 Å². The lowest BCUT2D eigenvalue weighted by Gasteiger charge is -2.47. The first kappa shape index (κ1) is 30.8. The predicted molar refractivity (Wildman–Crippen MR) is 158 cm³/mol. The van der Waals surface area contributed by atoms with Gasteiger partial charge in [0.25, 0.3) is 5.91 Å². The van der Waals surface area contributed by atoms with Crippen LogP contribution in [0.4, 0.5) is 8.78 Å². The van der Waals surface area contributed by atoms with E-state index in [-0.39, 0.29) is 29.0 Å². The number of aliphatic hydroxyl groups excluding tert-OH is 1. The van der Waals surface area contributed by atoms with Crippen LogP contribution in [0, 0.1) is 17.6 Å². The molecule has 2 aromatic rings. The minimum atomic E-state index is -1.86. The van der Waals surface area contributed by atoms with E-state index in [4.69, 9.17) is 14.2 Å². The summed E-state index contributed by atoms with van der Waals surface area (Å²) in [6.45, 7) is 11.6. The quantitative estimate of drug-likeness (QED) is 0.280. The van der Waals surface area contributed by atoms with Gasteiger partial charge in [-0.3, -0.25) is 4.79 Å². The Balaban J connectivity index is 1.48. The van der Waals surface area contributed by atoms with E-state index in [9.17, 15) is 14.3 Å². The second-order valence-corrected chi connectivity index (χ2v) is 18.0. The normalized spacial score (nSPS) is 24.1. The molecule has 2 aliphatic heterocycles. The van der Waals surface area contributed by atoms with Crippen molar-refractivity contribution in [1.29, 1.82) is 0 Å². The summed E-state index contributed by atoms with van der Waals surface area (Å²) in [4.78, 5) is 17.7. The van der Waals surface area contributed by atoms with Gasteiger partial charge in [-0.15, -0.1) is 0 Å². The molecule has 2 aliphatic rings. The number of benzene rings is 2. The highest BCUT2D eigenvalue weighted by Crippen LogP contribution is 2.47. The summed E-state index contributed by atoms with van der Waals surface area (Å²) in [5.74, 6) is -1.35. The lowest BCUT2D eigenvalue weighted by molar-refractivity contribution is -0.111. The number of amides is 1. The summed E-state index contributed by atoms with van der Waals surface area (Å²) in [6, 6.07) is 12.3. The molecule has 1 amide bonds. The van der Waals surface area contributed by atoms with Gasteiger partial charge in [-0.05, 0) is 55.6 Å². The molecule has 0 saturated carbocycles. The van der Waals surface area contributed by atoms with Crippen molar-refractivity contribution in [3.8, 4) is 0 Å². The number of carbonyl (C=O) groups excluding carboxylic acids is 1. The average Bonchev–Trinajstić information content (AvgIpc) is 2.90. The molecule has 2 heterocycles. The van der Waals surface area contributed by atoms with Gasteiger partial charge in [-0.2, -0.15) is 0 Å². The number of hydrogen-bond acceptors (Lipinski definition) is 6. The van der Waals surface area contributed by atoms with Gasteiger partial charge >= 0.3 is 0 Å². The van der Waals surface area contributed by atoms with Gasteiger partial charge < -0.3 is 19.6 Å². The van der Waals surface area contributed by atoms with Gasteiger partial charge in [0.15, 0.2) is 13.5 Å². The van der Waals surface area contributed by atoms with Crippen molar-refractivity contribution in [2.75, 3.05) is 19.0 Å². The number of hydrogen-bond donors (Lipinski definition) is 2. The Kier molecular flexibility index (Phi) is 9.56. The monoisotopic (exact) mass is 590 g/mol. The number of aliphatic hydroxyl groups is 1. The fourth-order valence-corrected chi connectivity index (χ4v) is 7.18. The smallest absolute Gasteiger partial charge is 0.257 e. The summed E-state index contributed by atoms with van der Waals surface area (Å²) in [5, 5.41) is 14.3. The van der Waals surface area contributed by atoms with Crippen molar-refractivity contribution < 1.29 is 27.8 Å². The SMILES string of the molecule is CC(C)(C)[Si](C)(C)OCCCC(O)C1CC2CSC(NC(=O)c3ccccc3)=NC2(c2ccc(F)cc2F)CO1. The standard InChI is InChI=1S/C30H40F2N2O4SSi/c1-29(2,3)40(4,5)38-15-9-12-25(35)26-16-21-18-39-28(33-27(36)20-10-7-6-8-11-20)34-30(21,19-37-26)23-14-13-22(31)17-24(23)32/h6-8,10-11,13-14,17,21,25-26,35H,9,12,15-16,18-19H2,1-5H3,(H,33,34,36). The summed E-state index contributed by atoms with van der Waals surface area (Å²) >= 11 is 1.38. The van der Waals surface area contributed by atoms with Crippen LogP contribution in [0.1, 0.15) is 56.0 Å². The van der Waals surface area contributed by atoms with E-state index in [1.165, 1.54) is 23.9 Å². The van der Waals surface area contributed by atoms with Crippen molar-refractivity contribution in [2.45, 2.75) is 75.9 Å². The number of amidine groups is 1. The van der Waals surface area contributed by atoms with Crippen molar-refractivity contribution in [2.24, 2.45) is 10.9 Å². The Labute approximate surface area is 241 Å². The highest BCUT2D eigenvalue weighted by Gasteiger charge is 2.50. The molecule has 4 atom stereocenters. The molecule has 4 rings (SSSR count). The highest BCUT2D eigenvalue weighted by atomic mass is 32.2. The largest absolute Gasteiger partial charge is 0.417 e. The lowest BCUT2D eigenvalue weighted by Crippen LogP contribution is -2.53. The fourth-order valence-electron chi connectivity index (χ4n) is 4.93. The topological polar surface area (TPSA) is 80.2 Å². The van der Waals surface area contributed by atoms with Crippen LogP contribution < -0.4 is 5.32 Å². The maximum absolute atomic E-state index is 15.2. The Morgan fingerprint density at radius 3 is 2.65 bits per heavy atom. The van der Waals surface area contributed by atoms with Crippen LogP contribution in [0.5, 0.6) is 0 Å². The predicted octanol–water partition coefficient (Wildman–Crippen LogP) is 6.26. The maximum atomic E-state index is 15.2. The van der Waals surface area contributed by atoms with Crippen LogP contribution in [0.25, 0.3) is 0 Å². The molecular formula is C30H40F2N2O4SSi. The van der Waals surface area contributed by atoms with Crippen molar-refractivity contribution in [1.82, 2.24) is 5.32 Å². The number of ether oxygens (including phenoxy) is 1. The number of thioether (sulfide) groups is 1. The minimum absolute atomic E-state index is 0.00762. The molecular weight excluding hydrogens is 550 g/mol. The van der Waals surface area contributed by atoms with Gasteiger partial charge in [0.2, 0.25) is 0 Å². The summed E-state index contributed by atoms with van der Waals surface area (Å²) in [5.41, 5.74) is -0.443. The number of halogens is 2. The van der Waals surface area contributed by atoms with Gasteiger partial charge in [0.05, 0.1) is 18.8 Å². The molecule has 2 N–H and O–H groups in total. The fraction of sp³-hybridized carbons (Fsp3) is 0.533. The molecule has 0 radical (unpaired) electrons. The summed E-state index contributed by atoms with van der Waals surface area (Å²) in [7, 11) is -1.86. The summed E-state index contributed by atoms with van der Waals surface area (Å²) < 4.78 is 41.4. The zero-order chi connectivity index (χ0) is 29.1. The van der Waals surface area contributed by atoms with Crippen LogP contribution in [0.3, 0.4) is 0 Å². The van der Waals surface area contributed by atoms with Gasteiger partial charge in [-0.1, -0.05) is 56.8 Å². The Bertz CT molecular complexity index is 1220. The van der Waals surface area contributed by atoms with E-state index in [0.29, 0.717) is 42.4 Å². The molecule has 0 aliphatic carbocycles. The number of carbonyl (C=O) groups is 1. The average molecular weight is 591 g/mol. The first-order valence-electron chi connectivity index (χ1n) is 13.8. The van der Waals surface area contributed by atoms with Crippen LogP contribution in [-0.2, 0) is 14.7 Å². The first-order valence-corrected chi connectivity index (χ1v) is 17.7. The number of aliphatic imine (C=N–C) groups is 1. The van der Waals surface area contributed by atoms with E-state index in [2.05, 4.69) is 39.2 Å². The van der Waals surface area contributed by atoms with Crippen molar-refractivity contribution in [3.05, 3.63) is 71.3 Å². The number of nitrogens with zero attached hydrogens (tertiary/aromatic N) is 1. The van der Waals surface area contributed by atoms with Gasteiger partial charge in [0.1, 0.15) is 17.2 Å². The second-order valence-electron chi connectivity index (χ2n) is 12.2. The van der Waals surface area contributed by atoms with Crippen LogP contribution in [0.15, 0.2) is 53.5 Å². The third-order valence-corrected chi connectivity index (χ3v) is 14.0. The van der Waals surface area contributed by atoms with E-state index in [1.807, 2.05) is 6.07 Å². The third kappa shape index (κ3) is 6.84. The molecule has 0 aromatic heterocycles. The van der Waals surface area contributed by atoms with Crippen LogP contribution >= 0.6 is 11.8 Å². The van der Waals surface area contributed by atoms with Gasteiger partial charge in [0, 0.05) is 35.5 Å². The highest BCUT2D eigenvalue weighted by molar-refractivity contribution is 8.13. The molecule has 1 saturated heterocycles. The second kappa shape index (κ2) is 12.4. The number of fused-ring (bicyclic) bond motifs is 1. The number of nitrogens with one attached hydrogen (secondary N) is 1. The molecule has 218 valence electrons. The molecule has 2 aromatic carbocycles. The molecule has 0 bridgehead atoms. The minimum Gasteiger partial charge on any atom is -0.417 e. The lowest BCUT2D eigenvalue weighted by atomic mass is 9.74. The molecule has 0 spiro atoms. The Hall–Kier alpha value is -2.11. The van der Waals surface area contributed by atoms with Crippen molar-refractivity contribution >= 4 is 31.2 Å². The van der Waals surface area contributed by atoms with E-state index < -0.39 is 37.7 Å². The van der Waals surface area contributed by atoms with Crippen LogP contribution in [0.2, 0.25) is 18.1 Å². The molecule has 1 fully saturated rings. The van der Waals surface area contributed by atoms with E-state index in [1.54, 1.807) is 24.3 Å². The van der Waals surface area contributed by atoms with Crippen LogP contribution in [-0.4, -0.2) is 55.7 Å². The third-order valence-electron chi connectivity index (χ3n) is 8.43. The molecule has 6 nitrogen and oxygen atoms in total. The zero-order valence-corrected chi connectivity index (χ0v) is 25.7. The molecule has 4 unspecified atom stereocenters. The Morgan fingerprint density at radius 1 is 1.25 bits per heavy atom.